The van der Waals surface area contributed by atoms with Gasteiger partial charge in [-0.25, -0.2) is 0 Å². The molecule has 52 valence electrons. The Morgan fingerprint density at radius 1 is 1.78 bits per heavy atom. The topological polar surface area (TPSA) is 23.5 Å². The van der Waals surface area contributed by atoms with Crippen molar-refractivity contribution in [1.29, 1.82) is 0 Å². The van der Waals surface area contributed by atoms with Gasteiger partial charge in [-0.15, -0.1) is 0 Å². The third kappa shape index (κ3) is 2.05. The highest BCUT2D eigenvalue weighted by atomic mass is 31.1. The van der Waals surface area contributed by atoms with Gasteiger partial charge in [0.15, 0.2) is 0 Å². The van der Waals surface area contributed by atoms with E-state index in [1.807, 2.05) is 5.80 Å². The highest BCUT2D eigenvalue weighted by Crippen LogP contribution is 2.12. The zero-order chi connectivity index (χ0) is 6.69. The summed E-state index contributed by atoms with van der Waals surface area (Å²) in [4.78, 5) is 10.8. The van der Waals surface area contributed by atoms with Crippen molar-refractivity contribution in [2.45, 2.75) is 6.42 Å². The summed E-state index contributed by atoms with van der Waals surface area (Å²) in [6.45, 7) is 2.30. The van der Waals surface area contributed by atoms with Crippen LogP contribution >= 0.6 is 8.43 Å². The van der Waals surface area contributed by atoms with Gasteiger partial charge in [0.25, 0.3) is 0 Å². The van der Waals surface area contributed by atoms with E-state index in [-0.39, 0.29) is 0 Å². The second-order valence-electron chi connectivity index (χ2n) is 2.58. The zero-order valence-corrected chi connectivity index (χ0v) is 6.51. The predicted octanol–water partition coefficient (Wildman–Crippen LogP) is 0.594. The maximum absolute atomic E-state index is 8.51. The third-order valence-corrected chi connectivity index (χ3v) is 2.26. The summed E-state index contributed by atoms with van der Waals surface area (Å²) < 4.78 is 0. The van der Waals surface area contributed by atoms with Gasteiger partial charge in [-0.2, -0.15) is 0 Å². The van der Waals surface area contributed by atoms with E-state index < -0.39 is 0 Å². The first-order chi connectivity index (χ1) is 4.33. The average molecular weight is 145 g/mol. The fourth-order valence-electron chi connectivity index (χ4n) is 1.19. The molecule has 0 aromatic rings. The fourth-order valence-corrected chi connectivity index (χ4v) is 1.62. The van der Waals surface area contributed by atoms with Gasteiger partial charge in [0.1, 0.15) is 0 Å². The monoisotopic (exact) mass is 145 g/mol. The number of likely N-dealkylation sites (tertiary alicyclic amines) is 1. The zero-order valence-electron chi connectivity index (χ0n) is 5.62. The van der Waals surface area contributed by atoms with Crippen molar-refractivity contribution in [2.75, 3.05) is 20.1 Å². The quantitative estimate of drug-likeness (QED) is 0.546. The largest absolute Gasteiger partial charge is 0.342 e. The first-order valence-electron chi connectivity index (χ1n) is 3.19. The smallest absolute Gasteiger partial charge is 0.0478 e. The number of hydrogen-bond acceptors (Lipinski definition) is 2. The van der Waals surface area contributed by atoms with Crippen molar-refractivity contribution in [3.8, 4) is 0 Å². The predicted molar refractivity (Wildman–Crippen MR) is 40.8 cm³/mol. The van der Waals surface area contributed by atoms with E-state index in [9.17, 15) is 0 Å². The van der Waals surface area contributed by atoms with Crippen LogP contribution in [0.5, 0.6) is 0 Å². The first-order valence-corrected chi connectivity index (χ1v) is 4.10. The van der Waals surface area contributed by atoms with Gasteiger partial charge in [-0.05, 0) is 31.7 Å². The van der Waals surface area contributed by atoms with Gasteiger partial charge in [0.2, 0.25) is 0 Å². The lowest BCUT2D eigenvalue weighted by Gasteiger charge is -2.04. The van der Waals surface area contributed by atoms with Gasteiger partial charge < -0.3 is 9.79 Å². The summed E-state index contributed by atoms with van der Waals surface area (Å²) in [5.41, 5.74) is 0. The van der Waals surface area contributed by atoms with E-state index in [2.05, 4.69) is 11.9 Å². The molecule has 9 heavy (non-hydrogen) atoms. The molecule has 1 heterocycles. The van der Waals surface area contributed by atoms with E-state index in [4.69, 9.17) is 4.89 Å². The molecule has 1 fully saturated rings. The van der Waals surface area contributed by atoms with Crippen LogP contribution in [0.15, 0.2) is 0 Å². The lowest BCUT2D eigenvalue weighted by molar-refractivity contribution is 0.412. The molecule has 0 saturated carbocycles. The summed E-state index contributed by atoms with van der Waals surface area (Å²) in [6.07, 6.45) is 1.21. The second-order valence-corrected chi connectivity index (χ2v) is 3.10. The SMILES string of the molecule is CN1CCC(C=PO)C1. The van der Waals surface area contributed by atoms with Crippen LogP contribution in [-0.2, 0) is 0 Å². The second kappa shape index (κ2) is 3.31. The highest BCUT2D eigenvalue weighted by molar-refractivity contribution is 7.31. The normalized spacial score (nSPS) is 30.2. The minimum absolute atomic E-state index is 0.440. The molecule has 0 aromatic heterocycles. The maximum atomic E-state index is 8.51. The molecule has 1 aliphatic rings. The van der Waals surface area contributed by atoms with Crippen molar-refractivity contribution >= 4 is 14.2 Å². The summed E-state index contributed by atoms with van der Waals surface area (Å²) in [7, 11) is 2.55. The van der Waals surface area contributed by atoms with Crippen LogP contribution in [0.2, 0.25) is 0 Å². The molecule has 0 aromatic carbocycles. The summed E-state index contributed by atoms with van der Waals surface area (Å²) in [6, 6.07) is 0. The van der Waals surface area contributed by atoms with Crippen LogP contribution in [-0.4, -0.2) is 35.7 Å². The Bertz CT molecular complexity index is 116. The van der Waals surface area contributed by atoms with Gasteiger partial charge in [-0.3, -0.25) is 0 Å². The molecule has 1 N–H and O–H groups in total. The van der Waals surface area contributed by atoms with E-state index >= 15 is 0 Å². The number of hydrogen-bond donors (Lipinski definition) is 1. The first kappa shape index (κ1) is 7.20. The lowest BCUT2D eigenvalue weighted by atomic mass is 10.2. The molecular formula is C6H12NOP. The van der Waals surface area contributed by atoms with E-state index in [1.165, 1.54) is 13.0 Å². The molecule has 2 nitrogen and oxygen atoms in total. The Balaban J connectivity index is 2.30. The fraction of sp³-hybridized carbons (Fsp3) is 0.833. The van der Waals surface area contributed by atoms with Crippen LogP contribution in [0.4, 0.5) is 0 Å². The molecule has 0 aliphatic carbocycles. The number of rotatable bonds is 1. The minimum Gasteiger partial charge on any atom is -0.342 e. The molecule has 0 radical (unpaired) electrons. The van der Waals surface area contributed by atoms with Gasteiger partial charge in [0.05, 0.1) is 0 Å². The van der Waals surface area contributed by atoms with Gasteiger partial charge >= 0.3 is 0 Å². The Hall–Kier alpha value is 0.0900. The van der Waals surface area contributed by atoms with Crippen molar-refractivity contribution in [3.05, 3.63) is 0 Å². The molecule has 1 unspecified atom stereocenters. The minimum atomic E-state index is 0.440. The van der Waals surface area contributed by atoms with Crippen LogP contribution in [0.3, 0.4) is 0 Å². The van der Waals surface area contributed by atoms with Crippen molar-refractivity contribution < 1.29 is 4.89 Å². The van der Waals surface area contributed by atoms with Crippen LogP contribution in [0.25, 0.3) is 0 Å². The standard InChI is InChI=1S/C6H12NOP/c1-7-3-2-6(4-7)5-9-8/h5-6,8H,2-4H2,1H3. The summed E-state index contributed by atoms with van der Waals surface area (Å²) in [5, 5.41) is 0. The Labute approximate surface area is 57.4 Å². The lowest BCUT2D eigenvalue weighted by Crippen LogP contribution is -2.13. The summed E-state index contributed by atoms with van der Waals surface area (Å²) >= 11 is 0. The molecular weight excluding hydrogens is 133 g/mol. The molecule has 0 spiro atoms. The van der Waals surface area contributed by atoms with Crippen molar-refractivity contribution in [3.63, 3.8) is 0 Å². The molecule has 0 amide bonds. The van der Waals surface area contributed by atoms with Crippen molar-refractivity contribution in [2.24, 2.45) is 5.92 Å². The Morgan fingerprint density at radius 2 is 2.56 bits per heavy atom. The molecule has 1 aliphatic heterocycles. The van der Waals surface area contributed by atoms with Crippen LogP contribution in [0.1, 0.15) is 6.42 Å². The van der Waals surface area contributed by atoms with E-state index in [0.29, 0.717) is 14.3 Å². The third-order valence-electron chi connectivity index (χ3n) is 1.71. The molecule has 1 atom stereocenters. The maximum Gasteiger partial charge on any atom is 0.0478 e. The Morgan fingerprint density at radius 3 is 3.00 bits per heavy atom. The van der Waals surface area contributed by atoms with Gasteiger partial charge in [0, 0.05) is 15.0 Å². The van der Waals surface area contributed by atoms with Crippen LogP contribution < -0.4 is 0 Å². The molecule has 1 rings (SSSR count). The highest BCUT2D eigenvalue weighted by Gasteiger charge is 2.16. The molecule has 1 saturated heterocycles. The van der Waals surface area contributed by atoms with E-state index in [1.54, 1.807) is 0 Å². The van der Waals surface area contributed by atoms with E-state index in [0.717, 1.165) is 6.54 Å². The summed E-state index contributed by atoms with van der Waals surface area (Å²) in [5.74, 6) is 2.59. The molecule has 0 bridgehead atoms. The molecule has 3 heteroatoms. The Kier molecular flexibility index (Phi) is 2.65. The average Bonchev–Trinajstić information content (AvgIpc) is 2.17. The number of nitrogens with zero attached hydrogens (tertiary/aromatic N) is 1. The van der Waals surface area contributed by atoms with Gasteiger partial charge in [-0.1, -0.05) is 0 Å². The van der Waals surface area contributed by atoms with Crippen LogP contribution in [0, 0.1) is 5.92 Å². The van der Waals surface area contributed by atoms with Crippen molar-refractivity contribution in [1.82, 2.24) is 4.90 Å².